The minimum atomic E-state index is -0.397. The highest BCUT2D eigenvalue weighted by atomic mass is 35.5. The second kappa shape index (κ2) is 7.26. The van der Waals surface area contributed by atoms with Crippen molar-refractivity contribution in [1.82, 2.24) is 14.7 Å². The lowest BCUT2D eigenvalue weighted by Gasteiger charge is -2.34. The van der Waals surface area contributed by atoms with Crippen LogP contribution in [0.1, 0.15) is 41.5 Å². The number of aromatic nitrogens is 2. The Labute approximate surface area is 149 Å². The molecule has 1 saturated heterocycles. The van der Waals surface area contributed by atoms with Crippen molar-refractivity contribution in [3.05, 3.63) is 51.8 Å². The summed E-state index contributed by atoms with van der Waals surface area (Å²) in [6.45, 7) is 7.20. The van der Waals surface area contributed by atoms with Crippen molar-refractivity contribution >= 4 is 11.6 Å². The molecule has 130 valence electrons. The predicted octanol–water partition coefficient (Wildman–Crippen LogP) is 3.64. The molecule has 1 fully saturated rings. The Morgan fingerprint density at radius 3 is 2.38 bits per heavy atom. The summed E-state index contributed by atoms with van der Waals surface area (Å²) < 4.78 is 1.96. The van der Waals surface area contributed by atoms with Crippen LogP contribution in [0.15, 0.2) is 24.3 Å². The molecule has 1 N–H and O–H groups in total. The molecule has 24 heavy (non-hydrogen) atoms. The lowest BCUT2D eigenvalue weighted by molar-refractivity contribution is 0.0566. The highest BCUT2D eigenvalue weighted by Crippen LogP contribution is 2.32. The monoisotopic (exact) mass is 347 g/mol. The first-order valence-electron chi connectivity index (χ1n) is 8.60. The van der Waals surface area contributed by atoms with Gasteiger partial charge in [-0.15, -0.1) is 0 Å². The molecule has 1 aromatic carbocycles. The summed E-state index contributed by atoms with van der Waals surface area (Å²) in [6, 6.07) is 7.57. The highest BCUT2D eigenvalue weighted by molar-refractivity contribution is 6.30. The van der Waals surface area contributed by atoms with Crippen LogP contribution in [-0.2, 0) is 13.6 Å². The van der Waals surface area contributed by atoms with Crippen molar-refractivity contribution in [3.63, 3.8) is 0 Å². The van der Waals surface area contributed by atoms with Gasteiger partial charge in [-0.2, -0.15) is 5.10 Å². The van der Waals surface area contributed by atoms with E-state index in [-0.39, 0.29) is 0 Å². The first-order chi connectivity index (χ1) is 11.5. The van der Waals surface area contributed by atoms with E-state index in [0.717, 1.165) is 43.7 Å². The number of aryl methyl sites for hydroxylation is 2. The van der Waals surface area contributed by atoms with Crippen molar-refractivity contribution < 1.29 is 5.11 Å². The van der Waals surface area contributed by atoms with Crippen molar-refractivity contribution in [1.29, 1.82) is 0 Å². The maximum Gasteiger partial charge on any atom is 0.0819 e. The first kappa shape index (κ1) is 17.5. The summed E-state index contributed by atoms with van der Waals surface area (Å²) in [4.78, 5) is 2.47. The Morgan fingerprint density at radius 2 is 1.83 bits per heavy atom. The number of aliphatic hydroxyl groups is 1. The Bertz CT molecular complexity index is 687. The Kier molecular flexibility index (Phi) is 5.28. The summed E-state index contributed by atoms with van der Waals surface area (Å²) in [5, 5.41) is 15.8. The van der Waals surface area contributed by atoms with Crippen molar-refractivity contribution in [3.8, 4) is 0 Å². The van der Waals surface area contributed by atoms with Crippen molar-refractivity contribution in [2.75, 3.05) is 13.1 Å². The maximum absolute atomic E-state index is 10.6. The summed E-state index contributed by atoms with van der Waals surface area (Å²) in [6.07, 6.45) is 1.64. The lowest BCUT2D eigenvalue weighted by Crippen LogP contribution is -2.35. The molecule has 0 radical (unpaired) electrons. The van der Waals surface area contributed by atoms with Crippen LogP contribution in [0.4, 0.5) is 0 Å². The Morgan fingerprint density at radius 1 is 1.21 bits per heavy atom. The zero-order valence-electron chi connectivity index (χ0n) is 14.7. The van der Waals surface area contributed by atoms with Crippen LogP contribution in [0.5, 0.6) is 0 Å². The number of rotatable bonds is 4. The minimum absolute atomic E-state index is 0.318. The second-order valence-corrected chi connectivity index (χ2v) is 7.32. The lowest BCUT2D eigenvalue weighted by atomic mass is 9.87. The van der Waals surface area contributed by atoms with E-state index in [1.54, 1.807) is 0 Å². The second-order valence-electron chi connectivity index (χ2n) is 6.88. The van der Waals surface area contributed by atoms with Gasteiger partial charge < -0.3 is 5.11 Å². The van der Waals surface area contributed by atoms with Crippen LogP contribution in [-0.4, -0.2) is 32.9 Å². The molecule has 2 heterocycles. The number of aliphatic hydroxyl groups excluding tert-OH is 1. The van der Waals surface area contributed by atoms with Crippen LogP contribution in [0.25, 0.3) is 0 Å². The van der Waals surface area contributed by atoms with Gasteiger partial charge in [0.15, 0.2) is 0 Å². The third-order valence-electron chi connectivity index (χ3n) is 5.33. The number of piperidine rings is 1. The summed E-state index contributed by atoms with van der Waals surface area (Å²) in [5.41, 5.74) is 4.68. The van der Waals surface area contributed by atoms with Crippen LogP contribution in [0, 0.1) is 19.8 Å². The zero-order chi connectivity index (χ0) is 17.3. The molecular formula is C19H26ClN3O. The van der Waals surface area contributed by atoms with Crippen LogP contribution in [0.3, 0.4) is 0 Å². The molecule has 1 aliphatic heterocycles. The first-order valence-corrected chi connectivity index (χ1v) is 8.98. The fourth-order valence-electron chi connectivity index (χ4n) is 3.63. The van der Waals surface area contributed by atoms with Gasteiger partial charge in [0, 0.05) is 29.9 Å². The number of benzene rings is 1. The quantitative estimate of drug-likeness (QED) is 0.918. The van der Waals surface area contributed by atoms with Crippen LogP contribution in [0.2, 0.25) is 5.02 Å². The number of hydrogen-bond acceptors (Lipinski definition) is 3. The van der Waals surface area contributed by atoms with Gasteiger partial charge in [-0.1, -0.05) is 23.7 Å². The number of halogens is 1. The van der Waals surface area contributed by atoms with E-state index < -0.39 is 6.10 Å². The van der Waals surface area contributed by atoms with E-state index in [2.05, 4.69) is 23.8 Å². The molecule has 5 heteroatoms. The van der Waals surface area contributed by atoms with E-state index in [1.165, 1.54) is 11.3 Å². The molecule has 2 aromatic rings. The van der Waals surface area contributed by atoms with E-state index in [9.17, 15) is 5.11 Å². The molecule has 0 saturated carbocycles. The van der Waals surface area contributed by atoms with E-state index >= 15 is 0 Å². The molecule has 1 aliphatic rings. The maximum atomic E-state index is 10.6. The topological polar surface area (TPSA) is 41.3 Å². The van der Waals surface area contributed by atoms with Gasteiger partial charge in [-0.3, -0.25) is 9.58 Å². The Hall–Kier alpha value is -1.36. The highest BCUT2D eigenvalue weighted by Gasteiger charge is 2.27. The van der Waals surface area contributed by atoms with Gasteiger partial charge in [0.2, 0.25) is 0 Å². The average molecular weight is 348 g/mol. The Balaban J connectivity index is 1.58. The van der Waals surface area contributed by atoms with Gasteiger partial charge in [0.1, 0.15) is 0 Å². The predicted molar refractivity (Wildman–Crippen MR) is 97.1 cm³/mol. The van der Waals surface area contributed by atoms with E-state index in [1.807, 2.05) is 36.0 Å². The zero-order valence-corrected chi connectivity index (χ0v) is 15.4. The van der Waals surface area contributed by atoms with Gasteiger partial charge in [0.25, 0.3) is 0 Å². The fourth-order valence-corrected chi connectivity index (χ4v) is 3.75. The van der Waals surface area contributed by atoms with E-state index in [0.29, 0.717) is 10.9 Å². The van der Waals surface area contributed by atoms with E-state index in [4.69, 9.17) is 11.6 Å². The molecule has 4 nitrogen and oxygen atoms in total. The molecule has 0 spiro atoms. The summed E-state index contributed by atoms with van der Waals surface area (Å²) >= 11 is 5.93. The number of nitrogens with zero attached hydrogens (tertiary/aromatic N) is 3. The smallest absolute Gasteiger partial charge is 0.0819 e. The standard InChI is InChI=1S/C19H26ClN3O/c1-13-18(14(2)22(3)21-13)12-23-10-8-16(9-11-23)19(24)15-4-6-17(20)7-5-15/h4-7,16,19,24H,8-12H2,1-3H3. The molecule has 1 atom stereocenters. The minimum Gasteiger partial charge on any atom is -0.388 e. The average Bonchev–Trinajstić information content (AvgIpc) is 2.82. The molecular weight excluding hydrogens is 322 g/mol. The van der Waals surface area contributed by atoms with Crippen LogP contribution < -0.4 is 0 Å². The normalized spacial score (nSPS) is 18.0. The SMILES string of the molecule is Cc1nn(C)c(C)c1CN1CCC(C(O)c2ccc(Cl)cc2)CC1. The molecule has 0 bridgehead atoms. The third kappa shape index (κ3) is 3.66. The molecule has 1 aromatic heterocycles. The van der Waals surface area contributed by atoms with Gasteiger partial charge >= 0.3 is 0 Å². The third-order valence-corrected chi connectivity index (χ3v) is 5.58. The molecule has 1 unspecified atom stereocenters. The summed E-state index contributed by atoms with van der Waals surface area (Å²) in [5.74, 6) is 0.318. The molecule has 0 aliphatic carbocycles. The van der Waals surface area contributed by atoms with Gasteiger partial charge in [0.05, 0.1) is 11.8 Å². The molecule has 3 rings (SSSR count). The molecule has 0 amide bonds. The number of likely N-dealkylation sites (tertiary alicyclic amines) is 1. The summed E-state index contributed by atoms with van der Waals surface area (Å²) in [7, 11) is 2.00. The number of hydrogen-bond donors (Lipinski definition) is 1. The van der Waals surface area contributed by atoms with Gasteiger partial charge in [-0.05, 0) is 63.4 Å². The van der Waals surface area contributed by atoms with Crippen molar-refractivity contribution in [2.24, 2.45) is 13.0 Å². The van der Waals surface area contributed by atoms with Crippen molar-refractivity contribution in [2.45, 2.75) is 39.3 Å². The largest absolute Gasteiger partial charge is 0.388 e. The fraction of sp³-hybridized carbons (Fsp3) is 0.526. The van der Waals surface area contributed by atoms with Crippen LogP contribution >= 0.6 is 11.6 Å². The van der Waals surface area contributed by atoms with Gasteiger partial charge in [-0.25, -0.2) is 0 Å².